The highest BCUT2D eigenvalue weighted by atomic mass is 31.2. The second-order valence-electron chi connectivity index (χ2n) is 7.37. The van der Waals surface area contributed by atoms with Gasteiger partial charge in [-0.3, -0.25) is 9.40 Å². The van der Waals surface area contributed by atoms with Crippen LogP contribution in [-0.4, -0.2) is 25.4 Å². The zero-order chi connectivity index (χ0) is 21.9. The highest BCUT2D eigenvalue weighted by Crippen LogP contribution is 2.55. The van der Waals surface area contributed by atoms with Crippen molar-refractivity contribution >= 4 is 18.4 Å². The topological polar surface area (TPSA) is 56.8 Å². The molecule has 0 aliphatic carbocycles. The van der Waals surface area contributed by atoms with Crippen molar-refractivity contribution in [2.45, 2.75) is 39.0 Å². The molecular weight excluding hydrogens is 409 g/mol. The molecule has 0 radical (unpaired) electrons. The molecule has 6 heteroatoms. The van der Waals surface area contributed by atoms with Crippen molar-refractivity contribution in [1.29, 1.82) is 0 Å². The van der Waals surface area contributed by atoms with E-state index in [1.165, 1.54) is 10.8 Å². The van der Waals surface area contributed by atoms with Crippen molar-refractivity contribution in [3.05, 3.63) is 83.9 Å². The average Bonchev–Trinajstić information content (AvgIpc) is 2.79. The molecule has 1 N–H and O–H groups in total. The summed E-state index contributed by atoms with van der Waals surface area (Å²) in [6.45, 7) is 5.42. The summed E-state index contributed by atoms with van der Waals surface area (Å²) < 4.78 is 24.9. The van der Waals surface area contributed by atoms with Crippen LogP contribution in [0, 0.1) is 0 Å². The molecule has 0 bridgehead atoms. The van der Waals surface area contributed by atoms with Crippen molar-refractivity contribution in [3.8, 4) is 0 Å². The van der Waals surface area contributed by atoms with Gasteiger partial charge in [0.05, 0.1) is 25.5 Å². The van der Waals surface area contributed by atoms with Crippen molar-refractivity contribution in [3.63, 3.8) is 0 Å². The molecule has 31 heavy (non-hydrogen) atoms. The molecule has 0 amide bonds. The second kappa shape index (κ2) is 12.1. The molecule has 1 atom stereocenters. The van der Waals surface area contributed by atoms with Gasteiger partial charge in [-0.25, -0.2) is 5.48 Å². The van der Waals surface area contributed by atoms with E-state index in [4.69, 9.17) is 13.9 Å². The zero-order valence-corrected chi connectivity index (χ0v) is 19.2. The van der Waals surface area contributed by atoms with Crippen LogP contribution in [0.4, 0.5) is 0 Å². The van der Waals surface area contributed by atoms with E-state index in [2.05, 4.69) is 35.8 Å². The van der Waals surface area contributed by atoms with Crippen LogP contribution in [0.3, 0.4) is 0 Å². The molecule has 0 heterocycles. The number of nitrogens with one attached hydrogen (secondary N) is 1. The van der Waals surface area contributed by atoms with Crippen LogP contribution in [0.2, 0.25) is 0 Å². The molecule has 0 saturated carbocycles. The Morgan fingerprint density at radius 1 is 0.839 bits per heavy atom. The monoisotopic (exact) mass is 441 g/mol. The van der Waals surface area contributed by atoms with Gasteiger partial charge in [-0.2, -0.15) is 0 Å². The summed E-state index contributed by atoms with van der Waals surface area (Å²) in [5.74, 6) is 0. The highest BCUT2D eigenvalue weighted by Gasteiger charge is 2.35. The molecule has 0 fully saturated rings. The maximum Gasteiger partial charge on any atom is 0.334 e. The Kier molecular flexibility index (Phi) is 9.26. The van der Waals surface area contributed by atoms with Gasteiger partial charge in [-0.1, -0.05) is 72.8 Å². The predicted octanol–water partition coefficient (Wildman–Crippen LogP) is 6.13. The lowest BCUT2D eigenvalue weighted by Crippen LogP contribution is -2.24. The second-order valence-corrected chi connectivity index (χ2v) is 9.70. The lowest BCUT2D eigenvalue weighted by atomic mass is 10.0. The van der Waals surface area contributed by atoms with Gasteiger partial charge in [0.25, 0.3) is 0 Å². The molecule has 3 aromatic carbocycles. The molecule has 0 saturated heterocycles. The van der Waals surface area contributed by atoms with E-state index in [1.807, 2.05) is 56.3 Å². The SMILES string of the molecule is CCOP(=O)(OCC)C(CCNOCc1ccccc1)Cc1ccc2ccccc2c1. The first-order valence-corrected chi connectivity index (χ1v) is 12.5. The van der Waals surface area contributed by atoms with Gasteiger partial charge in [0.2, 0.25) is 0 Å². The van der Waals surface area contributed by atoms with E-state index >= 15 is 0 Å². The number of fused-ring (bicyclic) bond motifs is 1. The van der Waals surface area contributed by atoms with Gasteiger partial charge < -0.3 is 9.05 Å². The van der Waals surface area contributed by atoms with E-state index < -0.39 is 7.60 Å². The van der Waals surface area contributed by atoms with Crippen LogP contribution in [0.1, 0.15) is 31.4 Å². The third-order valence-corrected chi connectivity index (χ3v) is 7.69. The third kappa shape index (κ3) is 6.99. The van der Waals surface area contributed by atoms with E-state index in [1.54, 1.807) is 0 Å². The molecular formula is C25H32NO4P. The van der Waals surface area contributed by atoms with E-state index in [0.717, 1.165) is 11.1 Å². The van der Waals surface area contributed by atoms with Gasteiger partial charge in [-0.15, -0.1) is 0 Å². The first-order valence-electron chi connectivity index (χ1n) is 10.9. The van der Waals surface area contributed by atoms with Gasteiger partial charge in [0.1, 0.15) is 0 Å². The number of hydrogen-bond acceptors (Lipinski definition) is 5. The fraction of sp³-hybridized carbons (Fsp3) is 0.360. The summed E-state index contributed by atoms with van der Waals surface area (Å²) in [5, 5.41) is 2.36. The predicted molar refractivity (Wildman–Crippen MR) is 126 cm³/mol. The standard InChI is InChI=1S/C25H32NO4P/c1-3-29-31(27,30-4-2)25(16-17-26-28-20-21-10-6-5-7-11-21)19-22-14-15-23-12-8-9-13-24(23)18-22/h5-15,18,25-26H,3-4,16-17,19-20H2,1-2H3. The van der Waals surface area contributed by atoms with Gasteiger partial charge in [0, 0.05) is 6.54 Å². The van der Waals surface area contributed by atoms with Crippen LogP contribution in [0.5, 0.6) is 0 Å². The fourth-order valence-corrected chi connectivity index (χ4v) is 5.72. The molecule has 1 unspecified atom stereocenters. The molecule has 166 valence electrons. The van der Waals surface area contributed by atoms with Gasteiger partial charge in [-0.05, 0) is 48.6 Å². The van der Waals surface area contributed by atoms with E-state index in [-0.39, 0.29) is 5.66 Å². The Balaban J connectivity index is 1.66. The Morgan fingerprint density at radius 2 is 1.52 bits per heavy atom. The number of hydrogen-bond donors (Lipinski definition) is 1. The minimum atomic E-state index is -3.26. The smallest absolute Gasteiger partial charge is 0.309 e. The van der Waals surface area contributed by atoms with Crippen molar-refractivity contribution in [2.75, 3.05) is 19.8 Å². The summed E-state index contributed by atoms with van der Waals surface area (Å²) in [7, 11) is -3.26. The minimum absolute atomic E-state index is 0.263. The molecule has 0 aliphatic rings. The number of rotatable bonds is 13. The highest BCUT2D eigenvalue weighted by molar-refractivity contribution is 7.54. The van der Waals surface area contributed by atoms with Crippen LogP contribution in [0.15, 0.2) is 72.8 Å². The quantitative estimate of drug-likeness (QED) is 0.196. The minimum Gasteiger partial charge on any atom is -0.309 e. The maximum absolute atomic E-state index is 13.6. The van der Waals surface area contributed by atoms with Crippen molar-refractivity contribution < 1.29 is 18.5 Å². The summed E-state index contributed by atoms with van der Waals surface area (Å²) in [6, 6.07) is 24.6. The number of hydroxylamine groups is 1. The first-order chi connectivity index (χ1) is 15.1. The molecule has 0 aromatic heterocycles. The molecule has 3 aromatic rings. The Labute approximate surface area is 185 Å². The fourth-order valence-electron chi connectivity index (χ4n) is 3.62. The Bertz CT molecular complexity index is 969. The molecule has 0 spiro atoms. The lowest BCUT2D eigenvalue weighted by molar-refractivity contribution is 0.0270. The molecule has 0 aliphatic heterocycles. The average molecular weight is 442 g/mol. The van der Waals surface area contributed by atoms with Crippen LogP contribution >= 0.6 is 7.60 Å². The first kappa shape index (κ1) is 23.6. The Morgan fingerprint density at radius 3 is 2.23 bits per heavy atom. The summed E-state index contributed by atoms with van der Waals surface area (Å²) in [4.78, 5) is 5.59. The van der Waals surface area contributed by atoms with Gasteiger partial charge in [0.15, 0.2) is 0 Å². The molecule has 5 nitrogen and oxygen atoms in total. The number of benzene rings is 3. The summed E-state index contributed by atoms with van der Waals surface area (Å²) in [5.41, 5.74) is 4.95. The van der Waals surface area contributed by atoms with E-state index in [0.29, 0.717) is 39.2 Å². The van der Waals surface area contributed by atoms with E-state index in [9.17, 15) is 4.57 Å². The Hall–Kier alpha value is -2.01. The van der Waals surface area contributed by atoms with Crippen LogP contribution in [0.25, 0.3) is 10.8 Å². The van der Waals surface area contributed by atoms with Gasteiger partial charge >= 0.3 is 7.60 Å². The third-order valence-electron chi connectivity index (χ3n) is 5.11. The lowest BCUT2D eigenvalue weighted by Gasteiger charge is -2.26. The largest absolute Gasteiger partial charge is 0.334 e. The normalized spacial score (nSPS) is 12.8. The summed E-state index contributed by atoms with van der Waals surface area (Å²) in [6.07, 6.45) is 1.22. The molecule has 3 rings (SSSR count). The van der Waals surface area contributed by atoms with Crippen molar-refractivity contribution in [1.82, 2.24) is 5.48 Å². The zero-order valence-electron chi connectivity index (χ0n) is 18.3. The summed E-state index contributed by atoms with van der Waals surface area (Å²) >= 11 is 0. The van der Waals surface area contributed by atoms with Crippen LogP contribution < -0.4 is 5.48 Å². The van der Waals surface area contributed by atoms with Crippen LogP contribution in [-0.2, 0) is 31.5 Å². The van der Waals surface area contributed by atoms with Crippen molar-refractivity contribution in [2.24, 2.45) is 0 Å². The maximum atomic E-state index is 13.6.